The topological polar surface area (TPSA) is 106 Å². The summed E-state index contributed by atoms with van der Waals surface area (Å²) in [6.45, 7) is -2.53. The summed E-state index contributed by atoms with van der Waals surface area (Å²) in [7, 11) is 0. The maximum absolute atomic E-state index is 15.8. The standard InChI is InChI=1S/C26H17F7N6O2/c27-19-7-8-20(21(28)11-19)24(41,14-39-15-36-37-38-39)26(32,33)22-9-6-17(12-34-22)5-4-16-2-1-3-18(10-16)23(40)35-13-25(29,30)31/h1-3,6-12,15,41H,13-14H2,(H,35,40). The number of alkyl halides is 5. The predicted octanol–water partition coefficient (Wildman–Crippen LogP) is 3.72. The van der Waals surface area contributed by atoms with Crippen LogP contribution in [0.4, 0.5) is 30.7 Å². The molecule has 4 aromatic rings. The molecule has 1 unspecified atom stereocenters. The number of nitrogens with zero attached hydrogens (tertiary/aromatic N) is 5. The van der Waals surface area contributed by atoms with Gasteiger partial charge in [-0.25, -0.2) is 13.5 Å². The van der Waals surface area contributed by atoms with Crippen LogP contribution in [-0.4, -0.2) is 48.9 Å². The Hall–Kier alpha value is -4.84. The number of carbonyl (C=O) groups is 1. The lowest BCUT2D eigenvalue weighted by molar-refractivity contribution is -0.207. The largest absolute Gasteiger partial charge is 0.405 e. The molecule has 0 bridgehead atoms. The molecule has 0 aliphatic carbocycles. The summed E-state index contributed by atoms with van der Waals surface area (Å²) in [5.41, 5.74) is -4.94. The van der Waals surface area contributed by atoms with E-state index in [0.717, 1.165) is 29.3 Å². The van der Waals surface area contributed by atoms with Crippen molar-refractivity contribution in [1.29, 1.82) is 0 Å². The zero-order chi connectivity index (χ0) is 29.8. The van der Waals surface area contributed by atoms with Gasteiger partial charge in [0, 0.05) is 34.5 Å². The van der Waals surface area contributed by atoms with Crippen molar-refractivity contribution in [2.45, 2.75) is 24.2 Å². The molecule has 4 rings (SSSR count). The Balaban J connectivity index is 1.60. The Morgan fingerprint density at radius 1 is 0.976 bits per heavy atom. The molecule has 0 spiro atoms. The SMILES string of the molecule is O=C(NCC(F)(F)F)c1cccc(C#Cc2ccc(C(F)(F)C(O)(Cn3cnnn3)c3ccc(F)cc3F)nc2)c1. The van der Waals surface area contributed by atoms with E-state index in [2.05, 4.69) is 32.4 Å². The van der Waals surface area contributed by atoms with Gasteiger partial charge in [-0.05, 0) is 52.9 Å². The van der Waals surface area contributed by atoms with Crippen LogP contribution in [0.15, 0.2) is 67.1 Å². The molecule has 2 aromatic carbocycles. The number of halogens is 7. The summed E-state index contributed by atoms with van der Waals surface area (Å²) in [5, 5.41) is 23.0. The molecule has 41 heavy (non-hydrogen) atoms. The molecular formula is C26H17F7N6O2. The van der Waals surface area contributed by atoms with Crippen molar-refractivity contribution in [2.75, 3.05) is 6.54 Å². The van der Waals surface area contributed by atoms with Crippen LogP contribution in [0.25, 0.3) is 0 Å². The second-order valence-corrected chi connectivity index (χ2v) is 8.63. The van der Waals surface area contributed by atoms with Crippen LogP contribution >= 0.6 is 0 Å². The summed E-state index contributed by atoms with van der Waals surface area (Å²) in [6, 6.07) is 9.12. The number of nitrogens with one attached hydrogen (secondary N) is 1. The molecule has 2 N–H and O–H groups in total. The third kappa shape index (κ3) is 6.67. The van der Waals surface area contributed by atoms with Gasteiger partial charge in [0.2, 0.25) is 0 Å². The number of benzene rings is 2. The molecule has 0 aliphatic rings. The van der Waals surface area contributed by atoms with Gasteiger partial charge < -0.3 is 10.4 Å². The van der Waals surface area contributed by atoms with E-state index in [1.165, 1.54) is 24.3 Å². The highest BCUT2D eigenvalue weighted by molar-refractivity contribution is 5.94. The molecule has 0 radical (unpaired) electrons. The average molecular weight is 578 g/mol. The first kappa shape index (κ1) is 29.2. The number of hydrogen-bond donors (Lipinski definition) is 2. The molecule has 212 valence electrons. The third-order valence-corrected chi connectivity index (χ3v) is 5.69. The van der Waals surface area contributed by atoms with Crippen molar-refractivity contribution in [1.82, 2.24) is 30.5 Å². The Morgan fingerprint density at radius 2 is 1.73 bits per heavy atom. The molecule has 15 heteroatoms. The van der Waals surface area contributed by atoms with Crippen molar-refractivity contribution in [3.8, 4) is 11.8 Å². The normalized spacial score (nSPS) is 13.2. The molecule has 2 heterocycles. The lowest BCUT2D eigenvalue weighted by Gasteiger charge is -2.35. The van der Waals surface area contributed by atoms with Crippen molar-refractivity contribution in [2.24, 2.45) is 0 Å². The van der Waals surface area contributed by atoms with Crippen molar-refractivity contribution in [3.63, 3.8) is 0 Å². The van der Waals surface area contributed by atoms with Gasteiger partial charge in [0.15, 0.2) is 5.60 Å². The van der Waals surface area contributed by atoms with Crippen molar-refractivity contribution >= 4 is 5.91 Å². The second-order valence-electron chi connectivity index (χ2n) is 8.63. The van der Waals surface area contributed by atoms with Gasteiger partial charge in [0.25, 0.3) is 5.91 Å². The van der Waals surface area contributed by atoms with E-state index in [1.54, 1.807) is 5.32 Å². The predicted molar refractivity (Wildman–Crippen MR) is 127 cm³/mol. The highest BCUT2D eigenvalue weighted by Crippen LogP contribution is 2.46. The number of rotatable bonds is 7. The van der Waals surface area contributed by atoms with E-state index < -0.39 is 59.6 Å². The van der Waals surface area contributed by atoms with Crippen molar-refractivity contribution < 1.29 is 40.6 Å². The van der Waals surface area contributed by atoms with Crippen LogP contribution in [0.3, 0.4) is 0 Å². The maximum atomic E-state index is 15.8. The Morgan fingerprint density at radius 3 is 2.37 bits per heavy atom. The van der Waals surface area contributed by atoms with Crippen LogP contribution in [0, 0.1) is 23.5 Å². The number of tetrazole rings is 1. The Kier molecular flexibility index (Phi) is 8.06. The summed E-state index contributed by atoms with van der Waals surface area (Å²) < 4.78 is 97.5. The number of carbonyl (C=O) groups excluding carboxylic acids is 1. The number of pyridine rings is 1. The van der Waals surface area contributed by atoms with Gasteiger partial charge >= 0.3 is 12.1 Å². The third-order valence-electron chi connectivity index (χ3n) is 5.69. The first-order valence-corrected chi connectivity index (χ1v) is 11.5. The van der Waals surface area contributed by atoms with E-state index >= 15 is 8.78 Å². The fraction of sp³-hybridized carbons (Fsp3) is 0.192. The second kappa shape index (κ2) is 11.3. The number of aromatic nitrogens is 5. The van der Waals surface area contributed by atoms with Gasteiger partial charge in [-0.15, -0.1) is 5.10 Å². The van der Waals surface area contributed by atoms with E-state index in [-0.39, 0.29) is 16.7 Å². The fourth-order valence-corrected chi connectivity index (χ4v) is 3.70. The molecule has 0 saturated carbocycles. The average Bonchev–Trinajstić information content (AvgIpc) is 3.43. The zero-order valence-corrected chi connectivity index (χ0v) is 20.5. The minimum Gasteiger partial charge on any atom is -0.377 e. The summed E-state index contributed by atoms with van der Waals surface area (Å²) >= 11 is 0. The summed E-state index contributed by atoms with van der Waals surface area (Å²) in [4.78, 5) is 15.6. The Bertz CT molecular complexity index is 1600. The smallest absolute Gasteiger partial charge is 0.377 e. The van der Waals surface area contributed by atoms with E-state index in [9.17, 15) is 31.9 Å². The first-order chi connectivity index (χ1) is 19.3. The molecule has 0 fully saturated rings. The molecule has 1 amide bonds. The molecule has 0 saturated heterocycles. The molecule has 2 aromatic heterocycles. The van der Waals surface area contributed by atoms with Gasteiger partial charge in [0.05, 0.1) is 6.54 Å². The lowest BCUT2D eigenvalue weighted by Crippen LogP contribution is -2.48. The van der Waals surface area contributed by atoms with E-state index in [1.807, 2.05) is 0 Å². The van der Waals surface area contributed by atoms with Crippen LogP contribution < -0.4 is 5.32 Å². The number of aliphatic hydroxyl groups is 1. The quantitative estimate of drug-likeness (QED) is 0.256. The van der Waals surface area contributed by atoms with Gasteiger partial charge in [-0.3, -0.25) is 9.78 Å². The van der Waals surface area contributed by atoms with E-state index in [0.29, 0.717) is 18.2 Å². The minimum atomic E-state index is -4.58. The molecular weight excluding hydrogens is 561 g/mol. The number of hydrogen-bond acceptors (Lipinski definition) is 6. The highest BCUT2D eigenvalue weighted by atomic mass is 19.4. The van der Waals surface area contributed by atoms with Gasteiger partial charge in [-0.1, -0.05) is 17.9 Å². The fourth-order valence-electron chi connectivity index (χ4n) is 3.70. The summed E-state index contributed by atoms with van der Waals surface area (Å²) in [5.74, 6) is -2.44. The van der Waals surface area contributed by atoms with Crippen molar-refractivity contribution in [3.05, 3.63) is 107 Å². The lowest BCUT2D eigenvalue weighted by atomic mass is 9.84. The Labute approximate surface area is 226 Å². The number of amides is 1. The van der Waals surface area contributed by atoms with E-state index in [4.69, 9.17) is 0 Å². The highest BCUT2D eigenvalue weighted by Gasteiger charge is 2.58. The van der Waals surface area contributed by atoms with Gasteiger partial charge in [-0.2, -0.15) is 22.0 Å². The minimum absolute atomic E-state index is 0.0796. The summed E-state index contributed by atoms with van der Waals surface area (Å²) in [6.07, 6.45) is -2.71. The van der Waals surface area contributed by atoms with Crippen LogP contribution in [0.5, 0.6) is 0 Å². The monoisotopic (exact) mass is 578 g/mol. The van der Waals surface area contributed by atoms with Crippen LogP contribution in [0.2, 0.25) is 0 Å². The van der Waals surface area contributed by atoms with Crippen LogP contribution in [-0.2, 0) is 18.1 Å². The zero-order valence-electron chi connectivity index (χ0n) is 20.5. The maximum Gasteiger partial charge on any atom is 0.405 e. The first-order valence-electron chi connectivity index (χ1n) is 11.5. The molecule has 1 atom stereocenters. The molecule has 8 nitrogen and oxygen atoms in total. The van der Waals surface area contributed by atoms with Crippen LogP contribution in [0.1, 0.15) is 32.7 Å². The van der Waals surface area contributed by atoms with Gasteiger partial charge in [0.1, 0.15) is 30.2 Å². The molecule has 0 aliphatic heterocycles.